The lowest BCUT2D eigenvalue weighted by molar-refractivity contribution is 0.590. The summed E-state index contributed by atoms with van der Waals surface area (Å²) < 4.78 is 5.50. The van der Waals surface area contributed by atoms with Crippen LogP contribution in [0.25, 0.3) is 96.0 Å². The fraction of sp³-hybridized carbons (Fsp3) is 0.189. The Bertz CT molecular complexity index is 4460. The molecule has 2 aromatic heterocycles. The molecule has 0 amide bonds. The molecule has 0 saturated heterocycles. The number of hydrogen-bond donors (Lipinski definition) is 0. The molecule has 16 rings (SSSR count). The van der Waals surface area contributed by atoms with E-state index < -0.39 is 16.1 Å². The lowest BCUT2D eigenvalue weighted by Crippen LogP contribution is -2.49. The van der Waals surface area contributed by atoms with Gasteiger partial charge in [-0.15, -0.1) is 22.7 Å². The van der Waals surface area contributed by atoms with Crippen LogP contribution in [0.1, 0.15) is 76.3 Å². The van der Waals surface area contributed by atoms with Gasteiger partial charge >= 0.3 is 0 Å². The molecule has 79 heavy (non-hydrogen) atoms. The summed E-state index contributed by atoms with van der Waals surface area (Å²) in [7, 11) is -4.52. The molecule has 10 aromatic carbocycles. The van der Waals surface area contributed by atoms with Gasteiger partial charge in [-0.2, -0.15) is 0 Å². The van der Waals surface area contributed by atoms with Gasteiger partial charge in [-0.1, -0.05) is 184 Å². The summed E-state index contributed by atoms with van der Waals surface area (Å²) in [6.45, 7) is 27.3. The molecule has 4 heterocycles. The molecule has 0 spiro atoms. The van der Waals surface area contributed by atoms with E-state index in [1.165, 1.54) is 151 Å². The van der Waals surface area contributed by atoms with Crippen molar-refractivity contribution in [3.8, 4) is 55.6 Å². The van der Waals surface area contributed by atoms with E-state index >= 15 is 0 Å². The first-order valence-electron chi connectivity index (χ1n) is 28.4. The monoisotopic (exact) mass is 1090 g/mol. The zero-order chi connectivity index (χ0) is 54.0. The van der Waals surface area contributed by atoms with E-state index in [2.05, 4.69) is 262 Å². The number of fused-ring (bicyclic) bond motifs is 20. The van der Waals surface area contributed by atoms with Crippen molar-refractivity contribution in [2.45, 2.75) is 90.9 Å². The van der Waals surface area contributed by atoms with Gasteiger partial charge in [0.1, 0.15) is 16.1 Å². The van der Waals surface area contributed by atoms with Crippen LogP contribution in [0.15, 0.2) is 182 Å². The van der Waals surface area contributed by atoms with E-state index in [9.17, 15) is 0 Å². The Morgan fingerprint density at radius 3 is 1.32 bits per heavy atom. The van der Waals surface area contributed by atoms with Crippen LogP contribution in [0.5, 0.6) is 0 Å². The van der Waals surface area contributed by atoms with Gasteiger partial charge in [0.15, 0.2) is 0 Å². The van der Waals surface area contributed by atoms with Gasteiger partial charge in [0, 0.05) is 68.1 Å². The standard InChI is InChI=1S/C74H63NS2Si2/c1-72(2,3)43-25-32-59(50(35-43)42-19-13-12-14-20-42)75(44-26-28-46-51-38-57-53(40-66(51)78(8,9)64(46)36-44)68-55(73(57,4)5)30-33-62-70(68)48-21-15-17-23-60(48)76-62)45-27-29-47-52-39-58-54(41-67(52)79(10,11)65(47)37-45)69-56(74(58,6)7)31-34-63-71(69)49-22-16-18-24-61(49)77-63/h12-41H,1-11H3. The summed E-state index contributed by atoms with van der Waals surface area (Å²) in [5, 5.41) is 11.8. The summed E-state index contributed by atoms with van der Waals surface area (Å²) in [6, 6.07) is 71.8. The topological polar surface area (TPSA) is 3.24 Å². The molecule has 0 radical (unpaired) electrons. The van der Waals surface area contributed by atoms with Crippen LogP contribution in [0.4, 0.5) is 17.1 Å². The molecule has 0 atom stereocenters. The van der Waals surface area contributed by atoms with Crippen molar-refractivity contribution in [3.63, 3.8) is 0 Å². The van der Waals surface area contributed by atoms with E-state index in [1.54, 1.807) is 10.4 Å². The number of rotatable bonds is 4. The quantitative estimate of drug-likeness (QED) is 0.159. The number of hydrogen-bond acceptors (Lipinski definition) is 3. The lowest BCUT2D eigenvalue weighted by atomic mass is 9.81. The van der Waals surface area contributed by atoms with Crippen LogP contribution in [0, 0.1) is 0 Å². The van der Waals surface area contributed by atoms with Gasteiger partial charge in [0.05, 0.1) is 5.69 Å². The first kappa shape index (κ1) is 47.8. The third-order valence-electron chi connectivity index (χ3n) is 19.6. The normalized spacial score (nSPS) is 16.2. The Morgan fingerprint density at radius 2 is 0.835 bits per heavy atom. The number of anilines is 3. The maximum Gasteiger partial charge on any atom is 0.113 e. The van der Waals surface area contributed by atoms with Gasteiger partial charge in [0.2, 0.25) is 0 Å². The molecule has 0 bridgehead atoms. The molecule has 384 valence electrons. The van der Waals surface area contributed by atoms with Crippen molar-refractivity contribution in [2.24, 2.45) is 0 Å². The Labute approximate surface area is 474 Å². The zero-order valence-electron chi connectivity index (χ0n) is 47.1. The summed E-state index contributed by atoms with van der Waals surface area (Å²) in [5.74, 6) is 0. The Morgan fingerprint density at radius 1 is 0.380 bits per heavy atom. The van der Waals surface area contributed by atoms with Gasteiger partial charge in [-0.3, -0.25) is 0 Å². The molecule has 12 aromatic rings. The second-order valence-corrected chi connectivity index (χ2v) is 37.3. The van der Waals surface area contributed by atoms with Crippen LogP contribution in [-0.4, -0.2) is 16.1 Å². The van der Waals surface area contributed by atoms with Crippen molar-refractivity contribution in [3.05, 3.63) is 210 Å². The average Bonchev–Trinajstić information content (AvgIpc) is 2.71. The Kier molecular flexibility index (Phi) is 9.58. The molecule has 4 aliphatic rings. The Balaban J connectivity index is 0.878. The fourth-order valence-corrected chi connectivity index (χ4v) is 23.6. The fourth-order valence-electron chi connectivity index (χ4n) is 15.3. The molecule has 0 fully saturated rings. The van der Waals surface area contributed by atoms with E-state index in [-0.39, 0.29) is 16.2 Å². The summed E-state index contributed by atoms with van der Waals surface area (Å²) in [5.41, 5.74) is 24.5. The zero-order valence-corrected chi connectivity index (χ0v) is 50.7. The third-order valence-corrected chi connectivity index (χ3v) is 28.9. The minimum absolute atomic E-state index is 0.0217. The number of nitrogens with zero attached hydrogens (tertiary/aromatic N) is 1. The van der Waals surface area contributed by atoms with Crippen LogP contribution in [0.3, 0.4) is 0 Å². The molecule has 0 saturated carbocycles. The average molecular weight is 1090 g/mol. The molecule has 2 aliphatic carbocycles. The third kappa shape index (κ3) is 6.36. The van der Waals surface area contributed by atoms with E-state index in [0.29, 0.717) is 0 Å². The molecule has 5 heteroatoms. The van der Waals surface area contributed by atoms with Crippen molar-refractivity contribution in [1.29, 1.82) is 0 Å². The lowest BCUT2D eigenvalue weighted by Gasteiger charge is -2.32. The van der Waals surface area contributed by atoms with Gasteiger partial charge in [-0.25, -0.2) is 0 Å². The van der Waals surface area contributed by atoms with Crippen molar-refractivity contribution in [1.82, 2.24) is 0 Å². The van der Waals surface area contributed by atoms with Gasteiger partial charge < -0.3 is 4.90 Å². The van der Waals surface area contributed by atoms with E-state index in [1.807, 2.05) is 22.7 Å². The predicted octanol–water partition coefficient (Wildman–Crippen LogP) is 19.1. The molecule has 1 nitrogen and oxygen atoms in total. The van der Waals surface area contributed by atoms with Crippen molar-refractivity contribution >= 4 is 117 Å². The summed E-state index contributed by atoms with van der Waals surface area (Å²) in [4.78, 5) is 2.63. The number of thiophene rings is 2. The van der Waals surface area contributed by atoms with Crippen LogP contribution < -0.4 is 25.6 Å². The summed E-state index contributed by atoms with van der Waals surface area (Å²) >= 11 is 3.86. The molecule has 0 unspecified atom stereocenters. The summed E-state index contributed by atoms with van der Waals surface area (Å²) in [6.07, 6.45) is 0. The first-order valence-corrected chi connectivity index (χ1v) is 36.0. The second kappa shape index (κ2) is 15.8. The second-order valence-electron chi connectivity index (χ2n) is 26.4. The van der Waals surface area contributed by atoms with Gasteiger partial charge in [0.25, 0.3) is 0 Å². The molecular weight excluding hydrogens is 1020 g/mol. The maximum absolute atomic E-state index is 2.66. The molecule has 2 aliphatic heterocycles. The van der Waals surface area contributed by atoms with Crippen LogP contribution >= 0.6 is 22.7 Å². The van der Waals surface area contributed by atoms with E-state index in [4.69, 9.17) is 0 Å². The number of benzene rings is 10. The van der Waals surface area contributed by atoms with Gasteiger partial charge in [-0.05, 0) is 177 Å². The van der Waals surface area contributed by atoms with Crippen molar-refractivity contribution in [2.75, 3.05) is 4.90 Å². The van der Waals surface area contributed by atoms with Crippen LogP contribution in [-0.2, 0) is 16.2 Å². The highest BCUT2D eigenvalue weighted by Gasteiger charge is 2.46. The van der Waals surface area contributed by atoms with Crippen molar-refractivity contribution < 1.29 is 0 Å². The predicted molar refractivity (Wildman–Crippen MR) is 351 cm³/mol. The smallest absolute Gasteiger partial charge is 0.113 e. The largest absolute Gasteiger partial charge is 0.310 e. The van der Waals surface area contributed by atoms with Crippen LogP contribution in [0.2, 0.25) is 26.2 Å². The highest BCUT2D eigenvalue weighted by Crippen LogP contribution is 2.57. The maximum atomic E-state index is 2.66. The highest BCUT2D eigenvalue weighted by atomic mass is 32.1. The molecular formula is C74H63NS2Si2. The molecule has 0 N–H and O–H groups in total. The Hall–Kier alpha value is -7.13. The first-order chi connectivity index (χ1) is 37.8. The highest BCUT2D eigenvalue weighted by molar-refractivity contribution is 7.26. The van der Waals surface area contributed by atoms with E-state index in [0.717, 1.165) is 0 Å². The minimum atomic E-state index is -2.26. The SMILES string of the molecule is CC(C)(C)c1ccc(N(c2ccc3c(c2)[Si](C)(C)c2cc4c(cc2-3)C(C)(C)c2ccc3sc5ccccc5c3c2-4)c2ccc3c(c2)[Si](C)(C)c2cc4c(cc2-3)C(C)(C)c2ccc3sc5ccccc5c3c2-4)c(-c2ccccc2)c1. The minimum Gasteiger partial charge on any atom is -0.310 e.